The van der Waals surface area contributed by atoms with Crippen molar-refractivity contribution in [2.24, 2.45) is 16.6 Å². The van der Waals surface area contributed by atoms with Crippen molar-refractivity contribution in [2.45, 2.75) is 5.92 Å². The Hall–Kier alpha value is -2.80. The molecule has 0 aromatic heterocycles. The highest BCUT2D eigenvalue weighted by Gasteiger charge is 2.36. The van der Waals surface area contributed by atoms with Gasteiger partial charge in [0.15, 0.2) is 0 Å². The van der Waals surface area contributed by atoms with E-state index in [1.165, 1.54) is 0 Å². The predicted molar refractivity (Wildman–Crippen MR) is 91.3 cm³/mol. The summed E-state index contributed by atoms with van der Waals surface area (Å²) in [5.74, 6) is 1.50. The number of nitrogens with two attached hydrogens (primary N) is 1. The minimum Gasteiger partial charge on any atom is -0.386 e. The molecule has 1 aliphatic rings. The molecule has 0 amide bonds. The van der Waals surface area contributed by atoms with Crippen molar-refractivity contribution in [3.8, 4) is 6.07 Å². The summed E-state index contributed by atoms with van der Waals surface area (Å²) in [4.78, 5) is 4.26. The molecule has 1 unspecified atom stereocenters. The standard InChI is InChI=1S/C17H12N4S/c18-8-13-15(14(9-19)17(22)21-16(13)20)12-7-3-5-10-4-1-2-6-11(10)12/h1-7,13,15,19H,(H2,20,21,22)/t13?,15-/m1/s1. The number of amidine groups is 1. The SMILES string of the molecule is N#CC1C(N)=NC(=S)C(=C=N)[C@@H]1c1cccc2ccccc12. The number of thiocarbonyl (C=S) groups is 1. The number of nitriles is 1. The van der Waals surface area contributed by atoms with Crippen LogP contribution in [0.4, 0.5) is 0 Å². The fraction of sp³-hybridized carbons (Fsp3) is 0.118. The lowest BCUT2D eigenvalue weighted by atomic mass is 9.77. The predicted octanol–water partition coefficient (Wildman–Crippen LogP) is 2.94. The number of hydrogen-bond donors (Lipinski definition) is 2. The second kappa shape index (κ2) is 5.53. The summed E-state index contributed by atoms with van der Waals surface area (Å²) < 4.78 is 0. The first-order valence-corrected chi connectivity index (χ1v) is 7.13. The zero-order valence-electron chi connectivity index (χ0n) is 11.6. The number of nitrogens with one attached hydrogen (secondary N) is 1. The average Bonchev–Trinajstić information content (AvgIpc) is 2.54. The quantitative estimate of drug-likeness (QED) is 0.482. The minimum atomic E-state index is -0.648. The Morgan fingerprint density at radius 3 is 2.64 bits per heavy atom. The first kappa shape index (κ1) is 14.2. The molecule has 106 valence electrons. The molecule has 0 radical (unpaired) electrons. The van der Waals surface area contributed by atoms with Gasteiger partial charge in [-0.15, -0.1) is 0 Å². The second-order valence-electron chi connectivity index (χ2n) is 5.03. The largest absolute Gasteiger partial charge is 0.386 e. The van der Waals surface area contributed by atoms with E-state index in [0.717, 1.165) is 16.3 Å². The van der Waals surface area contributed by atoms with E-state index in [1.807, 2.05) is 42.5 Å². The molecular weight excluding hydrogens is 292 g/mol. The Labute approximate surface area is 133 Å². The zero-order chi connectivity index (χ0) is 15.7. The van der Waals surface area contributed by atoms with Crippen molar-refractivity contribution in [1.29, 1.82) is 10.7 Å². The summed E-state index contributed by atoms with van der Waals surface area (Å²) >= 11 is 5.21. The number of benzene rings is 2. The summed E-state index contributed by atoms with van der Waals surface area (Å²) in [5.41, 5.74) is 7.26. The van der Waals surface area contributed by atoms with Crippen molar-refractivity contribution in [1.82, 2.24) is 0 Å². The van der Waals surface area contributed by atoms with Gasteiger partial charge in [0.1, 0.15) is 16.7 Å². The number of fused-ring (bicyclic) bond motifs is 1. The van der Waals surface area contributed by atoms with E-state index in [9.17, 15) is 5.26 Å². The maximum atomic E-state index is 9.51. The Bertz CT molecular complexity index is 895. The normalized spacial score (nSPS) is 21.1. The Balaban J connectivity index is 2.32. The molecule has 0 spiro atoms. The van der Waals surface area contributed by atoms with E-state index in [0.29, 0.717) is 5.57 Å². The first-order valence-electron chi connectivity index (χ1n) is 6.72. The molecule has 0 bridgehead atoms. The Morgan fingerprint density at radius 1 is 1.18 bits per heavy atom. The van der Waals surface area contributed by atoms with E-state index < -0.39 is 11.8 Å². The van der Waals surface area contributed by atoms with Gasteiger partial charge in [-0.25, -0.2) is 4.99 Å². The van der Waals surface area contributed by atoms with Crippen LogP contribution >= 0.6 is 12.2 Å². The van der Waals surface area contributed by atoms with E-state index in [1.54, 1.807) is 0 Å². The smallest absolute Gasteiger partial charge is 0.141 e. The van der Waals surface area contributed by atoms with Crippen LogP contribution in [0.25, 0.3) is 10.8 Å². The van der Waals surface area contributed by atoms with E-state index in [2.05, 4.69) is 16.9 Å². The third-order valence-electron chi connectivity index (χ3n) is 3.86. The zero-order valence-corrected chi connectivity index (χ0v) is 12.4. The van der Waals surface area contributed by atoms with Crippen LogP contribution in [0, 0.1) is 22.7 Å². The van der Waals surface area contributed by atoms with Gasteiger partial charge in [0.2, 0.25) is 0 Å². The molecule has 1 aliphatic heterocycles. The Morgan fingerprint density at radius 2 is 1.91 bits per heavy atom. The van der Waals surface area contributed by atoms with Crippen LogP contribution in [-0.2, 0) is 0 Å². The molecule has 2 atom stereocenters. The highest BCUT2D eigenvalue weighted by atomic mass is 32.1. The van der Waals surface area contributed by atoms with Gasteiger partial charge < -0.3 is 5.73 Å². The molecule has 0 fully saturated rings. The molecule has 0 saturated carbocycles. The van der Waals surface area contributed by atoms with Crippen molar-refractivity contribution in [2.75, 3.05) is 0 Å². The number of rotatable bonds is 1. The fourth-order valence-corrected chi connectivity index (χ4v) is 3.13. The van der Waals surface area contributed by atoms with Crippen molar-refractivity contribution < 1.29 is 0 Å². The summed E-state index contributed by atoms with van der Waals surface area (Å²) in [7, 11) is 0. The number of hydrogen-bond acceptors (Lipinski definition) is 4. The molecule has 22 heavy (non-hydrogen) atoms. The maximum Gasteiger partial charge on any atom is 0.141 e. The monoisotopic (exact) mass is 304 g/mol. The highest BCUT2D eigenvalue weighted by Crippen LogP contribution is 2.38. The minimum absolute atomic E-state index is 0.199. The summed E-state index contributed by atoms with van der Waals surface area (Å²) in [6, 6.07) is 16.0. The number of aliphatic imine (C=N–C) groups is 1. The van der Waals surface area contributed by atoms with Crippen LogP contribution in [-0.4, -0.2) is 16.7 Å². The molecule has 4 nitrogen and oxygen atoms in total. The van der Waals surface area contributed by atoms with Crippen LogP contribution < -0.4 is 5.73 Å². The molecule has 2 aromatic carbocycles. The summed E-state index contributed by atoms with van der Waals surface area (Å²) in [6.07, 6.45) is 0. The molecule has 5 heteroatoms. The molecule has 0 saturated heterocycles. The first-order chi connectivity index (χ1) is 10.7. The van der Waals surface area contributed by atoms with Gasteiger partial charge in [0.05, 0.1) is 11.6 Å². The van der Waals surface area contributed by atoms with Crippen molar-refractivity contribution in [3.05, 3.63) is 53.6 Å². The van der Waals surface area contributed by atoms with Crippen LogP contribution in [0.1, 0.15) is 11.5 Å². The van der Waals surface area contributed by atoms with E-state index in [4.69, 9.17) is 23.4 Å². The third-order valence-corrected chi connectivity index (χ3v) is 4.17. The van der Waals surface area contributed by atoms with Crippen LogP contribution in [0.3, 0.4) is 0 Å². The van der Waals surface area contributed by atoms with Crippen LogP contribution in [0.5, 0.6) is 0 Å². The molecule has 2 aromatic rings. The lowest BCUT2D eigenvalue weighted by Crippen LogP contribution is -2.35. The molecule has 3 N–H and O–H groups in total. The van der Waals surface area contributed by atoms with Crippen LogP contribution in [0.2, 0.25) is 0 Å². The van der Waals surface area contributed by atoms with Gasteiger partial charge >= 0.3 is 0 Å². The molecule has 3 rings (SSSR count). The topological polar surface area (TPSA) is 86.0 Å². The van der Waals surface area contributed by atoms with Crippen LogP contribution in [0.15, 0.2) is 53.0 Å². The van der Waals surface area contributed by atoms with Gasteiger partial charge in [-0.3, -0.25) is 5.41 Å². The molecule has 1 heterocycles. The average molecular weight is 304 g/mol. The number of nitrogens with zero attached hydrogens (tertiary/aromatic N) is 2. The maximum absolute atomic E-state index is 9.51. The van der Waals surface area contributed by atoms with Gasteiger partial charge in [-0.2, -0.15) is 5.26 Å². The van der Waals surface area contributed by atoms with Crippen molar-refractivity contribution in [3.63, 3.8) is 0 Å². The van der Waals surface area contributed by atoms with Gasteiger partial charge in [0, 0.05) is 5.92 Å². The van der Waals surface area contributed by atoms with Crippen molar-refractivity contribution >= 4 is 39.7 Å². The lowest BCUT2D eigenvalue weighted by Gasteiger charge is -2.28. The third kappa shape index (κ3) is 2.11. The molecular formula is C17H12N4S. The van der Waals surface area contributed by atoms with E-state index in [-0.39, 0.29) is 10.8 Å². The highest BCUT2D eigenvalue weighted by molar-refractivity contribution is 7.80. The Kier molecular flexibility index (Phi) is 3.56. The van der Waals surface area contributed by atoms with E-state index >= 15 is 0 Å². The van der Waals surface area contributed by atoms with Gasteiger partial charge in [-0.1, -0.05) is 54.7 Å². The van der Waals surface area contributed by atoms with Gasteiger partial charge in [0.25, 0.3) is 0 Å². The second-order valence-corrected chi connectivity index (χ2v) is 5.42. The lowest BCUT2D eigenvalue weighted by molar-refractivity contribution is 0.733. The van der Waals surface area contributed by atoms with Gasteiger partial charge in [-0.05, 0) is 22.2 Å². The summed E-state index contributed by atoms with van der Waals surface area (Å²) in [5, 5.41) is 19.1. The molecule has 0 aliphatic carbocycles. The fourth-order valence-electron chi connectivity index (χ4n) is 2.85. The summed E-state index contributed by atoms with van der Waals surface area (Å²) in [6.45, 7) is 0.